The first-order valence-electron chi connectivity index (χ1n) is 7.67. The molecule has 4 heteroatoms. The summed E-state index contributed by atoms with van der Waals surface area (Å²) in [6.45, 7) is 3.51. The molecular weight excluding hydrogens is 290 g/mol. The Morgan fingerprint density at radius 2 is 1.91 bits per heavy atom. The highest BCUT2D eigenvalue weighted by Crippen LogP contribution is 2.32. The smallest absolute Gasteiger partial charge is 0.246 e. The van der Waals surface area contributed by atoms with Crippen molar-refractivity contribution in [3.8, 4) is 11.5 Å². The second-order valence-corrected chi connectivity index (χ2v) is 5.28. The van der Waals surface area contributed by atoms with Crippen molar-refractivity contribution in [2.75, 3.05) is 13.3 Å². The largest absolute Gasteiger partial charge is 0.454 e. The van der Waals surface area contributed by atoms with Crippen LogP contribution in [0.2, 0.25) is 0 Å². The van der Waals surface area contributed by atoms with Gasteiger partial charge in [0, 0.05) is 19.2 Å². The predicted molar refractivity (Wildman–Crippen MR) is 89.1 cm³/mol. The first-order chi connectivity index (χ1) is 11.3. The number of fused-ring (bicyclic) bond motifs is 1. The first-order valence-corrected chi connectivity index (χ1v) is 7.67. The number of hydrogen-bond acceptors (Lipinski definition) is 3. The van der Waals surface area contributed by atoms with Crippen molar-refractivity contribution in [1.29, 1.82) is 0 Å². The average Bonchev–Trinajstić information content (AvgIpc) is 3.06. The maximum atomic E-state index is 12.4. The zero-order valence-corrected chi connectivity index (χ0v) is 13.1. The highest BCUT2D eigenvalue weighted by Gasteiger charge is 2.13. The van der Waals surface area contributed by atoms with Crippen molar-refractivity contribution in [3.05, 3.63) is 65.7 Å². The molecule has 3 rings (SSSR count). The van der Waals surface area contributed by atoms with Crippen molar-refractivity contribution < 1.29 is 14.3 Å². The lowest BCUT2D eigenvalue weighted by molar-refractivity contribution is -0.126. The molecule has 0 saturated heterocycles. The van der Waals surface area contributed by atoms with Gasteiger partial charge in [-0.1, -0.05) is 36.4 Å². The van der Waals surface area contributed by atoms with E-state index in [4.69, 9.17) is 9.47 Å². The number of hydrogen-bond donors (Lipinski definition) is 0. The summed E-state index contributed by atoms with van der Waals surface area (Å²) in [4.78, 5) is 14.2. The first kappa shape index (κ1) is 15.2. The number of ether oxygens (including phenoxy) is 2. The Kier molecular flexibility index (Phi) is 4.62. The molecule has 4 nitrogen and oxygen atoms in total. The summed E-state index contributed by atoms with van der Waals surface area (Å²) in [5, 5.41) is 0. The van der Waals surface area contributed by atoms with Crippen molar-refractivity contribution in [2.45, 2.75) is 13.5 Å². The molecule has 0 spiro atoms. The Morgan fingerprint density at radius 1 is 1.13 bits per heavy atom. The van der Waals surface area contributed by atoms with Crippen LogP contribution in [0, 0.1) is 0 Å². The quantitative estimate of drug-likeness (QED) is 0.794. The zero-order valence-electron chi connectivity index (χ0n) is 13.1. The number of benzene rings is 2. The number of carbonyl (C=O) groups excluding carboxylic acids is 1. The van der Waals surface area contributed by atoms with E-state index in [2.05, 4.69) is 0 Å². The number of likely N-dealkylation sites (N-methyl/N-ethyl adjacent to an activating group) is 1. The standard InChI is InChI=1S/C19H19NO3/c1-2-20(13-16-6-4-3-5-7-16)19(21)11-9-15-8-10-17-18(12-15)23-14-22-17/h3-12H,2,13-14H2,1H3/b11-9+. The van der Waals surface area contributed by atoms with Crippen molar-refractivity contribution in [1.82, 2.24) is 4.90 Å². The van der Waals surface area contributed by atoms with Crippen LogP contribution in [0.5, 0.6) is 11.5 Å². The maximum absolute atomic E-state index is 12.4. The lowest BCUT2D eigenvalue weighted by Gasteiger charge is -2.19. The monoisotopic (exact) mass is 309 g/mol. The van der Waals surface area contributed by atoms with Gasteiger partial charge in [0.15, 0.2) is 11.5 Å². The molecule has 1 aliphatic heterocycles. The van der Waals surface area contributed by atoms with Gasteiger partial charge in [0.25, 0.3) is 0 Å². The van der Waals surface area contributed by atoms with Gasteiger partial charge in [-0.15, -0.1) is 0 Å². The van der Waals surface area contributed by atoms with E-state index < -0.39 is 0 Å². The van der Waals surface area contributed by atoms with E-state index in [0.717, 1.165) is 22.6 Å². The topological polar surface area (TPSA) is 38.8 Å². The minimum Gasteiger partial charge on any atom is -0.454 e. The van der Waals surface area contributed by atoms with Crippen LogP contribution in [0.15, 0.2) is 54.6 Å². The van der Waals surface area contributed by atoms with Gasteiger partial charge in [-0.3, -0.25) is 4.79 Å². The molecule has 0 fully saturated rings. The summed E-state index contributed by atoms with van der Waals surface area (Å²) >= 11 is 0. The fourth-order valence-corrected chi connectivity index (χ4v) is 2.44. The molecule has 0 N–H and O–H groups in total. The highest BCUT2D eigenvalue weighted by atomic mass is 16.7. The van der Waals surface area contributed by atoms with Gasteiger partial charge in [0.05, 0.1) is 0 Å². The SMILES string of the molecule is CCN(Cc1ccccc1)C(=O)/C=C/c1ccc2c(c1)OCO2. The summed E-state index contributed by atoms with van der Waals surface area (Å²) in [6, 6.07) is 15.6. The minimum absolute atomic E-state index is 0.00554. The number of amides is 1. The van der Waals surface area contributed by atoms with Crippen LogP contribution in [0.25, 0.3) is 6.08 Å². The van der Waals surface area contributed by atoms with Crippen LogP contribution in [-0.4, -0.2) is 24.1 Å². The van der Waals surface area contributed by atoms with Gasteiger partial charge in [0.1, 0.15) is 0 Å². The zero-order chi connectivity index (χ0) is 16.1. The van der Waals surface area contributed by atoms with E-state index in [1.807, 2.05) is 55.5 Å². The minimum atomic E-state index is -0.00554. The average molecular weight is 309 g/mol. The highest BCUT2D eigenvalue weighted by molar-refractivity contribution is 5.91. The Balaban J connectivity index is 1.67. The molecule has 23 heavy (non-hydrogen) atoms. The summed E-state index contributed by atoms with van der Waals surface area (Å²) in [6.07, 6.45) is 3.40. The van der Waals surface area contributed by atoms with Crippen LogP contribution < -0.4 is 9.47 Å². The van der Waals surface area contributed by atoms with Gasteiger partial charge in [-0.05, 0) is 36.3 Å². The molecular formula is C19H19NO3. The van der Waals surface area contributed by atoms with E-state index in [9.17, 15) is 4.79 Å². The normalized spacial score (nSPS) is 12.6. The molecule has 2 aromatic rings. The van der Waals surface area contributed by atoms with Crippen molar-refractivity contribution in [2.24, 2.45) is 0 Å². The lowest BCUT2D eigenvalue weighted by Crippen LogP contribution is -2.28. The molecule has 0 radical (unpaired) electrons. The molecule has 1 amide bonds. The number of rotatable bonds is 5. The third-order valence-electron chi connectivity index (χ3n) is 3.72. The third kappa shape index (κ3) is 3.72. The van der Waals surface area contributed by atoms with Gasteiger partial charge in [-0.25, -0.2) is 0 Å². The van der Waals surface area contributed by atoms with Gasteiger partial charge < -0.3 is 14.4 Å². The Morgan fingerprint density at radius 3 is 2.70 bits per heavy atom. The summed E-state index contributed by atoms with van der Waals surface area (Å²) in [5.41, 5.74) is 2.04. The maximum Gasteiger partial charge on any atom is 0.246 e. The fraction of sp³-hybridized carbons (Fsp3) is 0.211. The van der Waals surface area contributed by atoms with Gasteiger partial charge >= 0.3 is 0 Å². The Bertz CT molecular complexity index is 710. The molecule has 2 aromatic carbocycles. The molecule has 0 aromatic heterocycles. The van der Waals surface area contributed by atoms with Crippen molar-refractivity contribution >= 4 is 12.0 Å². The van der Waals surface area contributed by atoms with E-state index in [0.29, 0.717) is 13.1 Å². The van der Waals surface area contributed by atoms with Crippen LogP contribution in [0.4, 0.5) is 0 Å². The second kappa shape index (κ2) is 7.01. The fourth-order valence-electron chi connectivity index (χ4n) is 2.44. The van der Waals surface area contributed by atoms with E-state index in [1.54, 1.807) is 17.1 Å². The van der Waals surface area contributed by atoms with E-state index in [1.165, 1.54) is 0 Å². The van der Waals surface area contributed by atoms with Gasteiger partial charge in [-0.2, -0.15) is 0 Å². The summed E-state index contributed by atoms with van der Waals surface area (Å²) in [5.74, 6) is 1.46. The Labute approximate surface area is 135 Å². The molecule has 1 heterocycles. The number of nitrogens with zero attached hydrogens (tertiary/aromatic N) is 1. The van der Waals surface area contributed by atoms with Crippen LogP contribution >= 0.6 is 0 Å². The molecule has 0 unspecified atom stereocenters. The second-order valence-electron chi connectivity index (χ2n) is 5.28. The molecule has 118 valence electrons. The van der Waals surface area contributed by atoms with E-state index >= 15 is 0 Å². The molecule has 0 aliphatic carbocycles. The number of carbonyl (C=O) groups is 1. The molecule has 1 aliphatic rings. The molecule has 0 bridgehead atoms. The predicted octanol–water partition coefficient (Wildman–Crippen LogP) is 3.48. The Hall–Kier alpha value is -2.75. The molecule has 0 atom stereocenters. The summed E-state index contributed by atoms with van der Waals surface area (Å²) < 4.78 is 10.6. The third-order valence-corrected chi connectivity index (χ3v) is 3.72. The van der Waals surface area contributed by atoms with Gasteiger partial charge in [0.2, 0.25) is 12.7 Å². The van der Waals surface area contributed by atoms with E-state index in [-0.39, 0.29) is 12.7 Å². The summed E-state index contributed by atoms with van der Waals surface area (Å²) in [7, 11) is 0. The van der Waals surface area contributed by atoms with Crippen molar-refractivity contribution in [3.63, 3.8) is 0 Å². The molecule has 0 saturated carbocycles. The van der Waals surface area contributed by atoms with Crippen LogP contribution in [0.1, 0.15) is 18.1 Å². The van der Waals surface area contributed by atoms with Crippen LogP contribution in [-0.2, 0) is 11.3 Å². The van der Waals surface area contributed by atoms with Crippen LogP contribution in [0.3, 0.4) is 0 Å². The lowest BCUT2D eigenvalue weighted by atomic mass is 10.1.